The van der Waals surface area contributed by atoms with E-state index in [1.165, 1.54) is 17.7 Å². The van der Waals surface area contributed by atoms with Gasteiger partial charge in [0.1, 0.15) is 12.6 Å². The van der Waals surface area contributed by atoms with Crippen molar-refractivity contribution in [1.82, 2.24) is 9.80 Å². The Kier molecular flexibility index (Phi) is 7.25. The molecule has 2 amide bonds. The lowest BCUT2D eigenvalue weighted by Gasteiger charge is -2.33. The third-order valence-corrected chi connectivity index (χ3v) is 8.43. The van der Waals surface area contributed by atoms with Crippen LogP contribution in [0.25, 0.3) is 10.4 Å². The minimum atomic E-state index is -0.773. The number of piperidine rings is 1. The average molecular weight is 509 g/mol. The van der Waals surface area contributed by atoms with Crippen LogP contribution in [0.3, 0.4) is 0 Å². The van der Waals surface area contributed by atoms with Crippen molar-refractivity contribution in [3.8, 4) is 0 Å². The van der Waals surface area contributed by atoms with Crippen molar-refractivity contribution in [1.29, 1.82) is 0 Å². The highest BCUT2D eigenvalue weighted by Crippen LogP contribution is 2.39. The molecule has 4 aliphatic rings. The van der Waals surface area contributed by atoms with Crippen LogP contribution in [0.2, 0.25) is 0 Å². The van der Waals surface area contributed by atoms with Crippen LogP contribution in [0.15, 0.2) is 23.3 Å². The van der Waals surface area contributed by atoms with Crippen molar-refractivity contribution in [3.63, 3.8) is 0 Å². The van der Waals surface area contributed by atoms with Gasteiger partial charge >= 0.3 is 0 Å². The maximum atomic E-state index is 14.1. The van der Waals surface area contributed by atoms with Gasteiger partial charge in [-0.1, -0.05) is 31.1 Å². The zero-order chi connectivity index (χ0) is 26.3. The van der Waals surface area contributed by atoms with Gasteiger partial charge in [-0.05, 0) is 79.8 Å². The molecule has 37 heavy (non-hydrogen) atoms. The number of fused-ring (bicyclic) bond motifs is 1. The number of rotatable bonds is 8. The normalized spacial score (nSPS) is 27.3. The number of amides is 2. The highest BCUT2D eigenvalue weighted by atomic mass is 16.5. The van der Waals surface area contributed by atoms with Crippen molar-refractivity contribution in [2.24, 2.45) is 16.8 Å². The molecule has 10 nitrogen and oxygen atoms in total. The van der Waals surface area contributed by atoms with E-state index in [4.69, 9.17) is 16.0 Å². The number of primary amides is 1. The van der Waals surface area contributed by atoms with Crippen molar-refractivity contribution < 1.29 is 19.1 Å². The van der Waals surface area contributed by atoms with Gasteiger partial charge in [-0.2, -0.15) is 0 Å². The van der Waals surface area contributed by atoms with Crippen molar-refractivity contribution in [3.05, 3.63) is 45.3 Å². The Morgan fingerprint density at radius 3 is 2.57 bits per heavy atom. The molecule has 1 saturated carbocycles. The number of nitrogens with two attached hydrogens (primary N) is 1. The molecule has 0 bridgehead atoms. The van der Waals surface area contributed by atoms with Crippen molar-refractivity contribution in [2.75, 3.05) is 26.2 Å². The number of nitrogens with zero attached hydrogens (tertiary/aromatic N) is 5. The summed E-state index contributed by atoms with van der Waals surface area (Å²) >= 11 is 0. The molecule has 4 fully saturated rings. The first-order valence-electron chi connectivity index (χ1n) is 13.4. The molecule has 5 rings (SSSR count). The second kappa shape index (κ2) is 10.4. The van der Waals surface area contributed by atoms with Crippen molar-refractivity contribution in [2.45, 2.75) is 82.0 Å². The van der Waals surface area contributed by atoms with E-state index in [1.54, 1.807) is 6.07 Å². The van der Waals surface area contributed by atoms with E-state index in [0.717, 1.165) is 37.5 Å². The molecule has 3 aliphatic heterocycles. The molecule has 0 radical (unpaired) electrons. The molecule has 1 aliphatic carbocycles. The predicted molar refractivity (Wildman–Crippen MR) is 137 cm³/mol. The fourth-order valence-electron chi connectivity index (χ4n) is 6.44. The van der Waals surface area contributed by atoms with Gasteiger partial charge in [0.05, 0.1) is 18.1 Å². The Balaban J connectivity index is 1.47. The summed E-state index contributed by atoms with van der Waals surface area (Å²) in [6.45, 7) is 6.20. The molecule has 3 heterocycles. The first-order valence-corrected chi connectivity index (χ1v) is 13.4. The molecular weight excluding hydrogens is 472 g/mol. The van der Waals surface area contributed by atoms with Crippen LogP contribution in [0.5, 0.6) is 0 Å². The quantitative estimate of drug-likeness (QED) is 0.326. The molecule has 10 heteroatoms. The Labute approximate surface area is 217 Å². The summed E-state index contributed by atoms with van der Waals surface area (Å²) in [7, 11) is 0. The predicted octanol–water partition coefficient (Wildman–Crippen LogP) is 3.11. The monoisotopic (exact) mass is 508 g/mol. The van der Waals surface area contributed by atoms with Gasteiger partial charge in [0.15, 0.2) is 5.78 Å². The Hall–Kier alpha value is -2.94. The number of carbonyl (C=O) groups excluding carboxylic acids is 3. The molecule has 2 N–H and O–H groups in total. The SMILES string of the molecule is CC(C)C[C@H](C(=O)N1C[C@@H](N=[N+]=[N-])[C@H]2OCC(=O)[C@H]21)c1cc(C2CCN(C3CC3)CC2)ccc1C(N)=O. The number of hydrogen-bond acceptors (Lipinski definition) is 6. The number of hydrogen-bond donors (Lipinski definition) is 1. The van der Waals surface area contributed by atoms with E-state index in [2.05, 4.69) is 14.9 Å². The molecular formula is C27H36N6O4. The van der Waals surface area contributed by atoms with Crippen LogP contribution in [-0.2, 0) is 14.3 Å². The lowest BCUT2D eigenvalue weighted by atomic mass is 9.81. The number of Topliss-reactive ketones (excluding diaryl/α,β-unsaturated/α-hetero) is 1. The highest BCUT2D eigenvalue weighted by Gasteiger charge is 2.53. The molecule has 4 atom stereocenters. The zero-order valence-corrected chi connectivity index (χ0v) is 21.6. The van der Waals surface area contributed by atoms with Gasteiger partial charge in [0, 0.05) is 23.1 Å². The van der Waals surface area contributed by atoms with Crippen LogP contribution in [0.4, 0.5) is 0 Å². The van der Waals surface area contributed by atoms with E-state index in [1.807, 2.05) is 26.0 Å². The van der Waals surface area contributed by atoms with Gasteiger partial charge in [-0.15, -0.1) is 0 Å². The standard InChI is InChI=1S/C27H36N6O4/c1-15(2)11-21(27(36)33-13-22(30-31-29)25-24(33)23(34)14-37-25)20-12-17(3-6-19(20)26(28)35)16-7-9-32(10-8-16)18-4-5-18/h3,6,12,15-16,18,21-22,24-25H,4-5,7-11,13-14H2,1-2H3,(H2,28,35)/t21-,22+,24+,25+/m0/s1. The third-order valence-electron chi connectivity index (χ3n) is 8.43. The van der Waals surface area contributed by atoms with E-state index in [9.17, 15) is 14.4 Å². The maximum absolute atomic E-state index is 14.1. The Morgan fingerprint density at radius 2 is 1.95 bits per heavy atom. The Bertz CT molecular complexity index is 1120. The van der Waals surface area contributed by atoms with Gasteiger partial charge < -0.3 is 20.3 Å². The van der Waals surface area contributed by atoms with E-state index in [-0.39, 0.29) is 30.8 Å². The van der Waals surface area contributed by atoms with E-state index >= 15 is 0 Å². The topological polar surface area (TPSA) is 142 Å². The minimum Gasteiger partial charge on any atom is -0.367 e. The summed E-state index contributed by atoms with van der Waals surface area (Å²) in [6.07, 6.45) is 4.55. The minimum absolute atomic E-state index is 0.104. The summed E-state index contributed by atoms with van der Waals surface area (Å²) in [5.41, 5.74) is 16.9. The molecule has 1 aromatic carbocycles. The second-order valence-corrected chi connectivity index (χ2v) is 11.4. The lowest BCUT2D eigenvalue weighted by molar-refractivity contribution is -0.138. The van der Waals surface area contributed by atoms with Crippen LogP contribution < -0.4 is 5.73 Å². The smallest absolute Gasteiger partial charge is 0.249 e. The number of azide groups is 1. The summed E-state index contributed by atoms with van der Waals surface area (Å²) < 4.78 is 5.61. The van der Waals surface area contributed by atoms with Gasteiger partial charge in [-0.3, -0.25) is 14.4 Å². The molecule has 0 spiro atoms. The van der Waals surface area contributed by atoms with Gasteiger partial charge in [0.25, 0.3) is 0 Å². The molecule has 198 valence electrons. The first-order chi connectivity index (χ1) is 17.8. The van der Waals surface area contributed by atoms with E-state index in [0.29, 0.717) is 23.5 Å². The number of benzene rings is 1. The summed E-state index contributed by atoms with van der Waals surface area (Å²) in [4.78, 5) is 46.3. The van der Waals surface area contributed by atoms with Crippen LogP contribution in [0, 0.1) is 5.92 Å². The van der Waals surface area contributed by atoms with Crippen LogP contribution in [-0.4, -0.2) is 77.9 Å². The number of likely N-dealkylation sites (tertiary alicyclic amines) is 2. The number of carbonyl (C=O) groups is 3. The summed E-state index contributed by atoms with van der Waals surface area (Å²) in [5, 5.41) is 3.80. The number of ether oxygens (including phenoxy) is 1. The van der Waals surface area contributed by atoms with Crippen LogP contribution in [0.1, 0.15) is 79.3 Å². The summed E-state index contributed by atoms with van der Waals surface area (Å²) in [6, 6.07) is 5.11. The lowest BCUT2D eigenvalue weighted by Crippen LogP contribution is -2.44. The van der Waals surface area contributed by atoms with Crippen LogP contribution >= 0.6 is 0 Å². The maximum Gasteiger partial charge on any atom is 0.249 e. The first kappa shape index (κ1) is 25.7. The Morgan fingerprint density at radius 1 is 1.22 bits per heavy atom. The molecule has 0 aromatic heterocycles. The fraction of sp³-hybridized carbons (Fsp3) is 0.667. The molecule has 0 unspecified atom stereocenters. The van der Waals surface area contributed by atoms with Gasteiger partial charge in [-0.25, -0.2) is 0 Å². The third kappa shape index (κ3) is 5.10. The highest BCUT2D eigenvalue weighted by molar-refractivity contribution is 5.99. The van der Waals surface area contributed by atoms with Gasteiger partial charge in [0.2, 0.25) is 11.8 Å². The second-order valence-electron chi connectivity index (χ2n) is 11.4. The fourth-order valence-corrected chi connectivity index (χ4v) is 6.44. The number of ketones is 1. The molecule has 1 aromatic rings. The summed E-state index contributed by atoms with van der Waals surface area (Å²) in [5.74, 6) is -1.14. The van der Waals surface area contributed by atoms with Crippen molar-refractivity contribution >= 4 is 17.6 Å². The average Bonchev–Trinajstić information content (AvgIpc) is 3.57. The largest absolute Gasteiger partial charge is 0.367 e. The zero-order valence-electron chi connectivity index (χ0n) is 21.6. The van der Waals surface area contributed by atoms with E-state index < -0.39 is 30.0 Å². The molecule has 3 saturated heterocycles.